The van der Waals surface area contributed by atoms with Crippen LogP contribution in [-0.4, -0.2) is 35.6 Å². The Morgan fingerprint density at radius 1 is 1.56 bits per heavy atom. The van der Waals surface area contributed by atoms with E-state index in [1.807, 2.05) is 23.1 Å². The van der Waals surface area contributed by atoms with Crippen molar-refractivity contribution in [2.75, 3.05) is 19.7 Å². The van der Waals surface area contributed by atoms with Crippen molar-refractivity contribution in [3.05, 3.63) is 35.4 Å². The summed E-state index contributed by atoms with van der Waals surface area (Å²) in [5, 5.41) is 8.66. The summed E-state index contributed by atoms with van der Waals surface area (Å²) in [5.41, 5.74) is 1.44. The van der Waals surface area contributed by atoms with Crippen LogP contribution in [-0.2, 0) is 0 Å². The summed E-state index contributed by atoms with van der Waals surface area (Å²) < 4.78 is 0. The highest BCUT2D eigenvalue weighted by atomic mass is 16.2. The predicted octanol–water partition coefficient (Wildman–Crippen LogP) is 1.51. The third kappa shape index (κ3) is 2.91. The molecule has 1 saturated heterocycles. The van der Waals surface area contributed by atoms with Gasteiger partial charge in [-0.2, -0.15) is 0 Å². The van der Waals surface area contributed by atoms with Crippen molar-refractivity contribution in [2.45, 2.75) is 13.3 Å². The van der Waals surface area contributed by atoms with Crippen LogP contribution < -0.4 is 0 Å². The second kappa shape index (κ2) is 5.70. The van der Waals surface area contributed by atoms with E-state index < -0.39 is 0 Å². The molecule has 3 heteroatoms. The quantitative estimate of drug-likeness (QED) is 0.760. The number of nitrogens with zero attached hydrogens (tertiary/aromatic N) is 1. The van der Waals surface area contributed by atoms with Gasteiger partial charge in [-0.3, -0.25) is 4.79 Å². The molecule has 1 fully saturated rings. The van der Waals surface area contributed by atoms with Gasteiger partial charge in [-0.25, -0.2) is 0 Å². The van der Waals surface area contributed by atoms with Gasteiger partial charge in [0, 0.05) is 24.2 Å². The largest absolute Gasteiger partial charge is 0.384 e. The van der Waals surface area contributed by atoms with Gasteiger partial charge in [0.1, 0.15) is 6.61 Å². The predicted molar refractivity (Wildman–Crippen MR) is 70.1 cm³/mol. The lowest BCUT2D eigenvalue weighted by Crippen LogP contribution is -2.28. The minimum Gasteiger partial charge on any atom is -0.384 e. The number of benzene rings is 1. The smallest absolute Gasteiger partial charge is 0.253 e. The second-order valence-electron chi connectivity index (χ2n) is 4.69. The molecule has 1 aliphatic rings. The third-order valence-electron chi connectivity index (χ3n) is 3.13. The molecule has 0 saturated carbocycles. The maximum atomic E-state index is 12.2. The summed E-state index contributed by atoms with van der Waals surface area (Å²) in [5.74, 6) is 6.07. The molecule has 0 aromatic heterocycles. The van der Waals surface area contributed by atoms with E-state index in [1.54, 1.807) is 6.07 Å². The number of hydrogen-bond donors (Lipinski definition) is 1. The van der Waals surface area contributed by atoms with Gasteiger partial charge < -0.3 is 10.0 Å². The van der Waals surface area contributed by atoms with Gasteiger partial charge in [0.25, 0.3) is 5.91 Å². The maximum absolute atomic E-state index is 12.2. The first-order chi connectivity index (χ1) is 8.70. The summed E-state index contributed by atoms with van der Waals surface area (Å²) in [6.07, 6.45) is 1.08. The number of carbonyl (C=O) groups excluding carboxylic acids is 1. The number of aliphatic hydroxyl groups is 1. The molecule has 0 radical (unpaired) electrons. The summed E-state index contributed by atoms with van der Waals surface area (Å²) in [6.45, 7) is 3.68. The van der Waals surface area contributed by atoms with E-state index in [0.29, 0.717) is 11.5 Å². The number of hydrogen-bond acceptors (Lipinski definition) is 2. The van der Waals surface area contributed by atoms with Gasteiger partial charge in [0.2, 0.25) is 0 Å². The van der Waals surface area contributed by atoms with Crippen molar-refractivity contribution in [1.82, 2.24) is 4.90 Å². The highest BCUT2D eigenvalue weighted by Gasteiger charge is 2.23. The Kier molecular flexibility index (Phi) is 4.01. The van der Waals surface area contributed by atoms with E-state index in [0.717, 1.165) is 25.1 Å². The zero-order valence-electron chi connectivity index (χ0n) is 10.5. The first kappa shape index (κ1) is 12.7. The Morgan fingerprint density at radius 2 is 2.39 bits per heavy atom. The lowest BCUT2D eigenvalue weighted by Gasteiger charge is -2.15. The van der Waals surface area contributed by atoms with Gasteiger partial charge in [0.15, 0.2) is 0 Å². The standard InChI is InChI=1S/C15H17NO2/c1-12-7-8-16(11-12)15(18)14-6-2-4-13(10-14)5-3-9-17/h2,4,6,10,12,17H,7-9,11H2,1H3. The monoisotopic (exact) mass is 243 g/mol. The fraction of sp³-hybridized carbons (Fsp3) is 0.400. The minimum absolute atomic E-state index is 0.0759. The molecule has 0 spiro atoms. The fourth-order valence-corrected chi connectivity index (χ4v) is 2.17. The molecular formula is C15H17NO2. The molecular weight excluding hydrogens is 226 g/mol. The van der Waals surface area contributed by atoms with Crippen molar-refractivity contribution in [2.24, 2.45) is 5.92 Å². The van der Waals surface area contributed by atoms with Crippen LogP contribution in [0.15, 0.2) is 24.3 Å². The Labute approximate surface area is 107 Å². The Balaban J connectivity index is 2.15. The van der Waals surface area contributed by atoms with E-state index in [-0.39, 0.29) is 12.5 Å². The van der Waals surface area contributed by atoms with Crippen molar-refractivity contribution in [1.29, 1.82) is 0 Å². The average Bonchev–Trinajstić information content (AvgIpc) is 2.82. The van der Waals surface area contributed by atoms with Gasteiger partial charge in [0.05, 0.1) is 0 Å². The summed E-state index contributed by atoms with van der Waals surface area (Å²) in [7, 11) is 0. The Bertz CT molecular complexity index is 499. The number of likely N-dealkylation sites (tertiary alicyclic amines) is 1. The molecule has 18 heavy (non-hydrogen) atoms. The zero-order chi connectivity index (χ0) is 13.0. The third-order valence-corrected chi connectivity index (χ3v) is 3.13. The number of rotatable bonds is 1. The number of carbonyl (C=O) groups is 1. The molecule has 1 heterocycles. The fourth-order valence-electron chi connectivity index (χ4n) is 2.17. The van der Waals surface area contributed by atoms with Gasteiger partial charge in [-0.1, -0.05) is 24.8 Å². The topological polar surface area (TPSA) is 40.5 Å². The normalized spacial score (nSPS) is 18.3. The summed E-state index contributed by atoms with van der Waals surface area (Å²) >= 11 is 0. The molecule has 94 valence electrons. The van der Waals surface area contributed by atoms with Crippen LogP contribution in [0.2, 0.25) is 0 Å². The molecule has 1 aliphatic heterocycles. The van der Waals surface area contributed by atoms with Crippen LogP contribution >= 0.6 is 0 Å². The van der Waals surface area contributed by atoms with Gasteiger partial charge >= 0.3 is 0 Å². The summed E-state index contributed by atoms with van der Waals surface area (Å²) in [4.78, 5) is 14.1. The van der Waals surface area contributed by atoms with Crippen molar-refractivity contribution >= 4 is 5.91 Å². The first-order valence-corrected chi connectivity index (χ1v) is 6.20. The Morgan fingerprint density at radius 3 is 3.06 bits per heavy atom. The maximum Gasteiger partial charge on any atom is 0.253 e. The summed E-state index contributed by atoms with van der Waals surface area (Å²) in [6, 6.07) is 7.27. The molecule has 0 bridgehead atoms. The van der Waals surface area contributed by atoms with E-state index in [9.17, 15) is 4.79 Å². The molecule has 0 aliphatic carbocycles. The van der Waals surface area contributed by atoms with Crippen molar-refractivity contribution in [3.8, 4) is 11.8 Å². The minimum atomic E-state index is -0.165. The van der Waals surface area contributed by atoms with Gasteiger partial charge in [-0.05, 0) is 30.5 Å². The zero-order valence-corrected chi connectivity index (χ0v) is 10.5. The van der Waals surface area contributed by atoms with Crippen molar-refractivity contribution < 1.29 is 9.90 Å². The van der Waals surface area contributed by atoms with E-state index in [1.165, 1.54) is 0 Å². The highest BCUT2D eigenvalue weighted by molar-refractivity contribution is 5.94. The lowest BCUT2D eigenvalue weighted by molar-refractivity contribution is 0.0788. The van der Waals surface area contributed by atoms with Crippen LogP contribution in [0, 0.1) is 17.8 Å². The molecule has 1 atom stereocenters. The molecule has 1 unspecified atom stereocenters. The highest BCUT2D eigenvalue weighted by Crippen LogP contribution is 2.18. The molecule has 1 N–H and O–H groups in total. The molecule has 1 aromatic rings. The van der Waals surface area contributed by atoms with E-state index in [4.69, 9.17) is 5.11 Å². The number of aliphatic hydroxyl groups excluding tert-OH is 1. The first-order valence-electron chi connectivity index (χ1n) is 6.20. The number of amides is 1. The van der Waals surface area contributed by atoms with Crippen molar-refractivity contribution in [3.63, 3.8) is 0 Å². The molecule has 3 nitrogen and oxygen atoms in total. The van der Waals surface area contributed by atoms with Crippen LogP contribution in [0.5, 0.6) is 0 Å². The van der Waals surface area contributed by atoms with Crippen LogP contribution in [0.1, 0.15) is 29.3 Å². The molecule has 2 rings (SSSR count). The second-order valence-corrected chi connectivity index (χ2v) is 4.69. The molecule has 1 aromatic carbocycles. The average molecular weight is 243 g/mol. The Hall–Kier alpha value is -1.79. The SMILES string of the molecule is CC1CCN(C(=O)c2cccc(C#CCO)c2)C1. The van der Waals surface area contributed by atoms with E-state index in [2.05, 4.69) is 18.8 Å². The van der Waals surface area contributed by atoms with Gasteiger partial charge in [-0.15, -0.1) is 0 Å². The van der Waals surface area contributed by atoms with Crippen LogP contribution in [0.3, 0.4) is 0 Å². The lowest BCUT2D eigenvalue weighted by atomic mass is 10.1. The van der Waals surface area contributed by atoms with Crippen LogP contribution in [0.25, 0.3) is 0 Å². The van der Waals surface area contributed by atoms with Crippen LogP contribution in [0.4, 0.5) is 0 Å². The van der Waals surface area contributed by atoms with E-state index >= 15 is 0 Å². The molecule has 1 amide bonds.